The number of fused-ring (bicyclic) bond motifs is 1. The van der Waals surface area contributed by atoms with E-state index in [1.165, 1.54) is 29.3 Å². The van der Waals surface area contributed by atoms with Crippen molar-refractivity contribution < 1.29 is 4.79 Å². The van der Waals surface area contributed by atoms with Gasteiger partial charge in [-0.1, -0.05) is 42.1 Å². The molecule has 37 heavy (non-hydrogen) atoms. The zero-order valence-corrected chi connectivity index (χ0v) is 21.7. The molecular weight excluding hydrogens is 500 g/mol. The largest absolute Gasteiger partial charge is 0.383 e. The SMILES string of the molecule is NC1=NC(Nc2cccc(NC(=O)c3ccccc3)c2)(Nc2ccc3c(c2)CCC3)SC1=C1N=CCS1. The van der Waals surface area contributed by atoms with Crippen molar-refractivity contribution in [3.63, 3.8) is 0 Å². The topological polar surface area (TPSA) is 104 Å². The fourth-order valence-electron chi connectivity index (χ4n) is 4.64. The van der Waals surface area contributed by atoms with Crippen LogP contribution in [0.4, 0.5) is 17.1 Å². The number of rotatable bonds is 6. The van der Waals surface area contributed by atoms with Gasteiger partial charge >= 0.3 is 0 Å². The van der Waals surface area contributed by atoms with Gasteiger partial charge in [0.15, 0.2) is 0 Å². The average Bonchev–Trinajstić information content (AvgIpc) is 3.65. The number of amidine groups is 1. The first kappa shape index (κ1) is 23.7. The van der Waals surface area contributed by atoms with Crippen LogP contribution in [0.25, 0.3) is 0 Å². The van der Waals surface area contributed by atoms with Gasteiger partial charge in [0.2, 0.25) is 0 Å². The highest BCUT2D eigenvalue weighted by atomic mass is 32.2. The summed E-state index contributed by atoms with van der Waals surface area (Å²) >= 11 is 3.16. The quantitative estimate of drug-likeness (QED) is 0.309. The van der Waals surface area contributed by atoms with Gasteiger partial charge in [0.05, 0.1) is 4.91 Å². The number of nitrogens with one attached hydrogen (secondary N) is 3. The smallest absolute Gasteiger partial charge is 0.262 e. The first-order chi connectivity index (χ1) is 18.1. The second kappa shape index (κ2) is 9.99. The number of aliphatic imine (C=N–C) groups is 2. The number of thioether (sulfide) groups is 2. The van der Waals surface area contributed by atoms with Gasteiger partial charge in [-0.05, 0) is 84.6 Å². The Balaban J connectivity index is 1.29. The number of anilines is 3. The summed E-state index contributed by atoms with van der Waals surface area (Å²) in [5, 5.41) is 10.0. The molecule has 7 nitrogen and oxygen atoms in total. The van der Waals surface area contributed by atoms with E-state index in [4.69, 9.17) is 10.7 Å². The van der Waals surface area contributed by atoms with Crippen LogP contribution in [0.2, 0.25) is 0 Å². The van der Waals surface area contributed by atoms with Crippen LogP contribution < -0.4 is 21.7 Å². The molecule has 2 heterocycles. The maximum Gasteiger partial charge on any atom is 0.262 e. The predicted molar refractivity (Wildman–Crippen MR) is 156 cm³/mol. The zero-order chi connectivity index (χ0) is 25.2. The number of hydrogen-bond acceptors (Lipinski definition) is 8. The average molecular weight is 527 g/mol. The first-order valence-corrected chi connectivity index (χ1v) is 14.0. The van der Waals surface area contributed by atoms with Crippen LogP contribution in [0.1, 0.15) is 27.9 Å². The van der Waals surface area contributed by atoms with Gasteiger partial charge in [0, 0.05) is 34.6 Å². The van der Waals surface area contributed by atoms with E-state index in [0.29, 0.717) is 17.1 Å². The van der Waals surface area contributed by atoms with E-state index >= 15 is 0 Å². The molecule has 1 unspecified atom stereocenters. The third kappa shape index (κ3) is 5.10. The predicted octanol–water partition coefficient (Wildman–Crippen LogP) is 5.65. The van der Waals surface area contributed by atoms with E-state index in [1.54, 1.807) is 23.9 Å². The Labute approximate surface area is 224 Å². The second-order valence-corrected chi connectivity index (χ2v) is 11.2. The Morgan fingerprint density at radius 3 is 2.49 bits per heavy atom. The number of nitrogens with two attached hydrogens (primary N) is 1. The lowest BCUT2D eigenvalue weighted by atomic mass is 10.1. The highest BCUT2D eigenvalue weighted by molar-refractivity contribution is 8.08. The Morgan fingerprint density at radius 2 is 1.68 bits per heavy atom. The van der Waals surface area contributed by atoms with Gasteiger partial charge in [-0.25, -0.2) is 4.99 Å². The monoisotopic (exact) mass is 526 g/mol. The Hall–Kier alpha value is -3.69. The molecule has 6 rings (SSSR count). The third-order valence-electron chi connectivity index (χ3n) is 6.34. The van der Waals surface area contributed by atoms with Crippen LogP contribution in [0, 0.1) is 0 Å². The summed E-state index contributed by atoms with van der Waals surface area (Å²) in [6, 6.07) is 23.3. The maximum absolute atomic E-state index is 12.7. The molecule has 0 saturated carbocycles. The van der Waals surface area contributed by atoms with Crippen molar-refractivity contribution >= 4 is 58.5 Å². The van der Waals surface area contributed by atoms with Crippen molar-refractivity contribution in [2.45, 2.75) is 24.4 Å². The summed E-state index contributed by atoms with van der Waals surface area (Å²) < 4.78 is 0. The molecule has 1 aliphatic carbocycles. The minimum absolute atomic E-state index is 0.163. The molecule has 186 valence electrons. The maximum atomic E-state index is 12.7. The van der Waals surface area contributed by atoms with Gasteiger partial charge in [0.1, 0.15) is 10.9 Å². The van der Waals surface area contributed by atoms with E-state index in [9.17, 15) is 4.79 Å². The van der Waals surface area contributed by atoms with E-state index in [-0.39, 0.29) is 5.91 Å². The Morgan fingerprint density at radius 1 is 0.892 bits per heavy atom. The van der Waals surface area contributed by atoms with Gasteiger partial charge in [-0.2, -0.15) is 0 Å². The molecule has 0 aromatic heterocycles. The number of hydrogen-bond donors (Lipinski definition) is 4. The van der Waals surface area contributed by atoms with E-state index in [2.05, 4.69) is 39.1 Å². The highest BCUT2D eigenvalue weighted by Gasteiger charge is 2.41. The molecule has 5 N–H and O–H groups in total. The molecule has 0 spiro atoms. The van der Waals surface area contributed by atoms with Crippen molar-refractivity contribution in [2.75, 3.05) is 21.7 Å². The normalized spacial score (nSPS) is 22.0. The minimum atomic E-state index is -0.972. The summed E-state index contributed by atoms with van der Waals surface area (Å²) in [6.07, 6.45) is 5.30. The third-order valence-corrected chi connectivity index (χ3v) is 8.57. The van der Waals surface area contributed by atoms with Crippen LogP contribution in [-0.4, -0.2) is 28.8 Å². The molecule has 3 aromatic carbocycles. The van der Waals surface area contributed by atoms with Crippen molar-refractivity contribution in [2.24, 2.45) is 15.7 Å². The lowest BCUT2D eigenvalue weighted by molar-refractivity contribution is 0.102. The molecule has 9 heteroatoms. The standard InChI is InChI=1S/C28H26N6OS2/c29-25-24(27-30-14-15-36-27)37-28(34-25,33-23-13-12-18-8-4-9-20(18)16-23)32-22-11-5-10-21(17-22)31-26(35)19-6-2-1-3-7-19/h1-3,5-7,10-14,16-17,32-33H,4,8-9,15H2,(H2,29,34)(H,31,35). The summed E-state index contributed by atoms with van der Waals surface area (Å²) in [5.74, 6) is 1.11. The molecular formula is C28H26N6OS2. The summed E-state index contributed by atoms with van der Waals surface area (Å²) in [6.45, 7) is 0. The highest BCUT2D eigenvalue weighted by Crippen LogP contribution is 2.45. The molecule has 3 aromatic rings. The number of carbonyl (C=O) groups excluding carboxylic acids is 1. The molecule has 0 bridgehead atoms. The number of nitrogens with zero attached hydrogens (tertiary/aromatic N) is 2. The van der Waals surface area contributed by atoms with Crippen LogP contribution in [-0.2, 0) is 12.8 Å². The number of aryl methyl sites for hydroxylation is 2. The molecule has 0 saturated heterocycles. The Kier molecular flexibility index (Phi) is 6.40. The summed E-state index contributed by atoms with van der Waals surface area (Å²) in [4.78, 5) is 22.9. The van der Waals surface area contributed by atoms with Crippen LogP contribution in [0.15, 0.2) is 92.7 Å². The molecule has 1 amide bonds. The van der Waals surface area contributed by atoms with E-state index in [0.717, 1.165) is 39.9 Å². The number of carbonyl (C=O) groups is 1. The van der Waals surface area contributed by atoms with E-state index in [1.807, 2.05) is 48.7 Å². The van der Waals surface area contributed by atoms with Gasteiger partial charge in [-0.15, -0.1) is 0 Å². The molecule has 0 fully saturated rings. The molecule has 0 radical (unpaired) electrons. The molecule has 2 aliphatic heterocycles. The summed E-state index contributed by atoms with van der Waals surface area (Å²) in [5.41, 5.74) is 12.3. The van der Waals surface area contributed by atoms with Crippen molar-refractivity contribution in [3.05, 3.63) is 99.4 Å². The molecule has 1 atom stereocenters. The second-order valence-electron chi connectivity index (χ2n) is 8.99. The number of benzene rings is 3. The van der Waals surface area contributed by atoms with Crippen molar-refractivity contribution in [1.29, 1.82) is 0 Å². The fraction of sp³-hybridized carbons (Fsp3) is 0.179. The zero-order valence-electron chi connectivity index (χ0n) is 20.0. The van der Waals surface area contributed by atoms with E-state index < -0.39 is 5.12 Å². The van der Waals surface area contributed by atoms with Gasteiger partial charge in [-0.3, -0.25) is 9.79 Å². The molecule has 3 aliphatic rings. The fourth-order valence-corrected chi connectivity index (χ4v) is 6.70. The van der Waals surface area contributed by atoms with Crippen LogP contribution >= 0.6 is 23.5 Å². The lowest BCUT2D eigenvalue weighted by Gasteiger charge is -2.30. The van der Waals surface area contributed by atoms with Gasteiger partial charge in [0.25, 0.3) is 11.0 Å². The number of amides is 1. The Bertz CT molecular complexity index is 1450. The van der Waals surface area contributed by atoms with Crippen molar-refractivity contribution in [3.8, 4) is 0 Å². The van der Waals surface area contributed by atoms with Crippen LogP contribution in [0.3, 0.4) is 0 Å². The lowest BCUT2D eigenvalue weighted by Crippen LogP contribution is -2.39. The van der Waals surface area contributed by atoms with Gasteiger partial charge < -0.3 is 21.7 Å². The minimum Gasteiger partial charge on any atom is -0.383 e. The summed E-state index contributed by atoms with van der Waals surface area (Å²) in [7, 11) is 0. The first-order valence-electron chi connectivity index (χ1n) is 12.2. The van der Waals surface area contributed by atoms with Crippen LogP contribution in [0.5, 0.6) is 0 Å². The van der Waals surface area contributed by atoms with Crippen molar-refractivity contribution in [1.82, 2.24) is 0 Å².